The third-order valence-corrected chi connectivity index (χ3v) is 5.97. The molecule has 1 aromatic heterocycles. The first-order chi connectivity index (χ1) is 17.3. The van der Waals surface area contributed by atoms with E-state index in [2.05, 4.69) is 9.69 Å². The van der Waals surface area contributed by atoms with Crippen molar-refractivity contribution in [2.45, 2.75) is 13.0 Å². The van der Waals surface area contributed by atoms with E-state index in [0.29, 0.717) is 29.5 Å². The van der Waals surface area contributed by atoms with Gasteiger partial charge in [0.15, 0.2) is 5.69 Å². The molecule has 0 bridgehead atoms. The van der Waals surface area contributed by atoms with Crippen molar-refractivity contribution in [2.75, 3.05) is 37.5 Å². The van der Waals surface area contributed by atoms with E-state index >= 15 is 0 Å². The van der Waals surface area contributed by atoms with Crippen LogP contribution in [0.4, 0.5) is 11.4 Å². The number of aromatic hydroxyl groups is 1. The minimum atomic E-state index is -1.21. The number of phenolic OH excluding ortho intramolecular Hbond substituents is 1. The van der Waals surface area contributed by atoms with Crippen LogP contribution >= 0.6 is 11.5 Å². The largest absolute Gasteiger partial charge is 0.508 e. The number of carbonyl (C=O) groups is 3. The number of nitrogens with zero attached hydrogens (tertiary/aromatic N) is 2. The molecule has 36 heavy (non-hydrogen) atoms. The van der Waals surface area contributed by atoms with Gasteiger partial charge in [-0.1, -0.05) is 24.3 Å². The summed E-state index contributed by atoms with van der Waals surface area (Å²) in [6.45, 7) is 2.53. The molecule has 2 aromatic carbocycles. The summed E-state index contributed by atoms with van der Waals surface area (Å²) in [6.07, 6.45) is 0. The van der Waals surface area contributed by atoms with Crippen molar-refractivity contribution < 1.29 is 29.0 Å². The number of nitrogen functional groups attached to an aromatic ring is 1. The standard InChI is InChI=1S/C24H27N5O6S/c1-3-35-17-7-5-4-6-16(17)29(24(33)21-18(25)19(22(26)31)28-36-21)20(23(32)27-12-13-34-2)14-8-10-15(30)11-9-14/h4-11,20,30H,3,12-13,25H2,1-2H3,(H2,26,31)(H,27,32)/t20-/m0/s1. The highest BCUT2D eigenvalue weighted by atomic mass is 32.1. The molecule has 0 saturated carbocycles. The van der Waals surface area contributed by atoms with Gasteiger partial charge in [-0.25, -0.2) is 0 Å². The highest BCUT2D eigenvalue weighted by Crippen LogP contribution is 2.38. The summed E-state index contributed by atoms with van der Waals surface area (Å²) in [5.41, 5.74) is 11.7. The molecule has 6 N–H and O–H groups in total. The quantitative estimate of drug-likeness (QED) is 0.282. The topological polar surface area (TPSA) is 170 Å². The molecule has 11 nitrogen and oxygen atoms in total. The van der Waals surface area contributed by atoms with Gasteiger partial charge in [0.1, 0.15) is 22.4 Å². The molecule has 3 amide bonds. The van der Waals surface area contributed by atoms with E-state index in [1.165, 1.54) is 36.3 Å². The second-order valence-corrected chi connectivity index (χ2v) is 8.27. The van der Waals surface area contributed by atoms with Gasteiger partial charge in [-0.2, -0.15) is 4.37 Å². The van der Waals surface area contributed by atoms with E-state index in [0.717, 1.165) is 0 Å². The number of hydrogen-bond acceptors (Lipinski definition) is 9. The maximum absolute atomic E-state index is 14.0. The number of benzene rings is 2. The van der Waals surface area contributed by atoms with Crippen LogP contribution in [0.25, 0.3) is 0 Å². The number of aromatic nitrogens is 1. The summed E-state index contributed by atoms with van der Waals surface area (Å²) >= 11 is 0.703. The summed E-state index contributed by atoms with van der Waals surface area (Å²) < 4.78 is 14.7. The molecule has 0 radical (unpaired) electrons. The van der Waals surface area contributed by atoms with Crippen LogP contribution in [0.1, 0.15) is 38.7 Å². The first-order valence-corrected chi connectivity index (χ1v) is 11.7. The van der Waals surface area contributed by atoms with E-state index < -0.39 is 23.8 Å². The molecule has 1 heterocycles. The summed E-state index contributed by atoms with van der Waals surface area (Å²) in [7, 11) is 1.50. The van der Waals surface area contributed by atoms with E-state index in [1.807, 2.05) is 0 Å². The van der Waals surface area contributed by atoms with Crippen LogP contribution in [-0.2, 0) is 9.53 Å². The lowest BCUT2D eigenvalue weighted by Crippen LogP contribution is -2.45. The Labute approximate surface area is 211 Å². The van der Waals surface area contributed by atoms with Gasteiger partial charge in [0.05, 0.1) is 24.6 Å². The molecule has 3 aromatic rings. The van der Waals surface area contributed by atoms with Crippen molar-refractivity contribution in [1.82, 2.24) is 9.69 Å². The zero-order valence-corrected chi connectivity index (χ0v) is 20.6. The van der Waals surface area contributed by atoms with Gasteiger partial charge in [0.2, 0.25) is 5.91 Å². The smallest absolute Gasteiger partial charge is 0.273 e. The Balaban J connectivity index is 2.23. The van der Waals surface area contributed by atoms with Crippen molar-refractivity contribution in [1.29, 1.82) is 0 Å². The number of ether oxygens (including phenoxy) is 2. The van der Waals surface area contributed by atoms with Crippen LogP contribution in [-0.4, -0.2) is 54.1 Å². The van der Waals surface area contributed by atoms with Crippen LogP contribution in [0.5, 0.6) is 11.5 Å². The second kappa shape index (κ2) is 12.0. The van der Waals surface area contributed by atoms with Crippen molar-refractivity contribution in [3.63, 3.8) is 0 Å². The molecule has 12 heteroatoms. The number of primary amides is 1. The average Bonchev–Trinajstić information content (AvgIpc) is 3.25. The maximum Gasteiger partial charge on any atom is 0.273 e. The van der Waals surface area contributed by atoms with Crippen molar-refractivity contribution in [2.24, 2.45) is 5.73 Å². The Kier molecular flexibility index (Phi) is 8.81. The van der Waals surface area contributed by atoms with E-state index in [1.54, 1.807) is 31.2 Å². The number of hydrogen-bond donors (Lipinski definition) is 4. The predicted molar refractivity (Wildman–Crippen MR) is 135 cm³/mol. The summed E-state index contributed by atoms with van der Waals surface area (Å²) in [5.74, 6) is -1.75. The number of amides is 3. The average molecular weight is 514 g/mol. The normalized spacial score (nSPS) is 11.5. The number of nitrogens with two attached hydrogens (primary N) is 2. The first kappa shape index (κ1) is 26.4. The molecule has 0 aliphatic rings. The van der Waals surface area contributed by atoms with Crippen LogP contribution in [0.3, 0.4) is 0 Å². The Morgan fingerprint density at radius 3 is 2.47 bits per heavy atom. The van der Waals surface area contributed by atoms with Gasteiger partial charge in [0.25, 0.3) is 11.8 Å². The Morgan fingerprint density at radius 2 is 1.86 bits per heavy atom. The molecule has 0 aliphatic carbocycles. The number of phenols is 1. The molecule has 190 valence electrons. The van der Waals surface area contributed by atoms with Gasteiger partial charge in [-0.15, -0.1) is 0 Å². The van der Waals surface area contributed by atoms with Crippen molar-refractivity contribution >= 4 is 40.6 Å². The van der Waals surface area contributed by atoms with Gasteiger partial charge < -0.3 is 31.4 Å². The lowest BCUT2D eigenvalue weighted by atomic mass is 10.0. The highest BCUT2D eigenvalue weighted by molar-refractivity contribution is 7.09. The third-order valence-electron chi connectivity index (χ3n) is 5.12. The minimum absolute atomic E-state index is 0.0114. The Hall–Kier alpha value is -4.16. The molecule has 0 saturated heterocycles. The van der Waals surface area contributed by atoms with Gasteiger partial charge in [-0.3, -0.25) is 19.3 Å². The van der Waals surface area contributed by atoms with E-state index in [4.69, 9.17) is 20.9 Å². The Bertz CT molecular complexity index is 1230. The minimum Gasteiger partial charge on any atom is -0.508 e. The summed E-state index contributed by atoms with van der Waals surface area (Å²) in [4.78, 5) is 40.5. The molecular weight excluding hydrogens is 486 g/mol. The number of methoxy groups -OCH3 is 1. The monoisotopic (exact) mass is 513 g/mol. The fourth-order valence-corrected chi connectivity index (χ4v) is 4.23. The van der Waals surface area contributed by atoms with E-state index in [9.17, 15) is 19.5 Å². The molecular formula is C24H27N5O6S. The molecule has 0 aliphatic heterocycles. The summed E-state index contributed by atoms with van der Waals surface area (Å²) in [6, 6.07) is 11.4. The summed E-state index contributed by atoms with van der Waals surface area (Å²) in [5, 5.41) is 12.6. The van der Waals surface area contributed by atoms with Crippen LogP contribution < -0.4 is 26.4 Å². The lowest BCUT2D eigenvalue weighted by molar-refractivity contribution is -0.122. The zero-order chi connectivity index (χ0) is 26.2. The van der Waals surface area contributed by atoms with Crippen LogP contribution in [0.15, 0.2) is 48.5 Å². The number of nitrogens with one attached hydrogen (secondary N) is 1. The zero-order valence-electron chi connectivity index (χ0n) is 19.8. The van der Waals surface area contributed by atoms with Gasteiger partial charge in [-0.05, 0) is 48.3 Å². The fourth-order valence-electron chi connectivity index (χ4n) is 3.49. The first-order valence-electron chi connectivity index (χ1n) is 11.0. The molecule has 0 fully saturated rings. The van der Waals surface area contributed by atoms with Crippen LogP contribution in [0.2, 0.25) is 0 Å². The van der Waals surface area contributed by atoms with Gasteiger partial charge >= 0.3 is 0 Å². The number of anilines is 2. The van der Waals surface area contributed by atoms with Crippen molar-refractivity contribution in [3.05, 3.63) is 64.7 Å². The van der Waals surface area contributed by atoms with Crippen molar-refractivity contribution in [3.8, 4) is 11.5 Å². The third kappa shape index (κ3) is 5.73. The predicted octanol–water partition coefficient (Wildman–Crippen LogP) is 2.08. The molecule has 0 unspecified atom stereocenters. The maximum atomic E-state index is 14.0. The van der Waals surface area contributed by atoms with Gasteiger partial charge in [0, 0.05) is 13.7 Å². The fraction of sp³-hybridized carbons (Fsp3) is 0.250. The second-order valence-electron chi connectivity index (χ2n) is 7.49. The van der Waals surface area contributed by atoms with E-state index in [-0.39, 0.29) is 40.8 Å². The number of rotatable bonds is 11. The Morgan fingerprint density at radius 1 is 1.17 bits per heavy atom. The van der Waals surface area contributed by atoms with Crippen LogP contribution in [0, 0.1) is 0 Å². The highest BCUT2D eigenvalue weighted by Gasteiger charge is 2.37. The SMILES string of the molecule is CCOc1ccccc1N(C(=O)c1snc(C(N)=O)c1N)[C@H](C(=O)NCCOC)c1ccc(O)cc1. The molecule has 0 spiro atoms. The molecule has 3 rings (SSSR count). The lowest BCUT2D eigenvalue weighted by Gasteiger charge is -2.32. The molecule has 1 atom stereocenters. The number of carbonyl (C=O) groups excluding carboxylic acids is 3. The number of para-hydroxylation sites is 2.